The van der Waals surface area contributed by atoms with Gasteiger partial charge in [0.05, 0.1) is 11.4 Å². The second-order valence-corrected chi connectivity index (χ2v) is 14.9. The van der Waals surface area contributed by atoms with E-state index in [1.54, 1.807) is 0 Å². The second kappa shape index (κ2) is 8.93. The Morgan fingerprint density at radius 1 is 0.651 bits per heavy atom. The van der Waals surface area contributed by atoms with Gasteiger partial charge in [0.15, 0.2) is 0 Å². The van der Waals surface area contributed by atoms with Crippen LogP contribution in [0.25, 0.3) is 0 Å². The first-order valence-electron chi connectivity index (χ1n) is 15.4. The molecule has 2 saturated heterocycles. The van der Waals surface area contributed by atoms with Gasteiger partial charge in [0, 0.05) is 34.0 Å². The lowest BCUT2D eigenvalue weighted by molar-refractivity contribution is -0.129. The Morgan fingerprint density at radius 3 is 1.28 bits per heavy atom. The van der Waals surface area contributed by atoms with E-state index < -0.39 is 22.2 Å². The van der Waals surface area contributed by atoms with Gasteiger partial charge in [-0.05, 0) is 96.9 Å². The summed E-state index contributed by atoms with van der Waals surface area (Å²) in [6, 6.07) is 8.13. The van der Waals surface area contributed by atoms with E-state index in [-0.39, 0.29) is 35.5 Å². The van der Waals surface area contributed by atoms with Crippen molar-refractivity contribution in [1.29, 1.82) is 0 Å². The van der Waals surface area contributed by atoms with Gasteiger partial charge >= 0.3 is 0 Å². The maximum atomic E-state index is 14.7. The summed E-state index contributed by atoms with van der Waals surface area (Å²) < 4.78 is 0. The normalized spacial score (nSPS) is 28.3. The standard InChI is InChI=1S/C35H44N4O4/c1-18-11-13-20(3)26-24(18)34(15-22(5)28(40)36-34)30(42)38(26)32(7,8)17-33(9,10)39-27-21(4)14-12-19(2)25(27)35(31(39)43)16-23(6)29(41)37-35/h11-14,22-23H,15-17H2,1-10H3,(H,36,40)(H,37,41). The maximum absolute atomic E-state index is 14.7. The molecule has 2 spiro atoms. The maximum Gasteiger partial charge on any atom is 0.258 e. The molecule has 4 aliphatic rings. The molecule has 228 valence electrons. The smallest absolute Gasteiger partial charge is 0.258 e. The van der Waals surface area contributed by atoms with Crippen molar-refractivity contribution in [3.05, 3.63) is 57.6 Å². The summed E-state index contributed by atoms with van der Waals surface area (Å²) >= 11 is 0. The third kappa shape index (κ3) is 3.74. The molecule has 0 aromatic heterocycles. The van der Waals surface area contributed by atoms with Gasteiger partial charge in [-0.2, -0.15) is 0 Å². The van der Waals surface area contributed by atoms with Gasteiger partial charge < -0.3 is 20.4 Å². The van der Waals surface area contributed by atoms with E-state index in [2.05, 4.69) is 38.3 Å². The molecular formula is C35H44N4O4. The van der Waals surface area contributed by atoms with Crippen LogP contribution in [0.2, 0.25) is 0 Å². The predicted octanol–water partition coefficient (Wildman–Crippen LogP) is 4.96. The topological polar surface area (TPSA) is 98.8 Å². The minimum Gasteiger partial charge on any atom is -0.338 e. The molecule has 0 saturated carbocycles. The lowest BCUT2D eigenvalue weighted by Gasteiger charge is -2.46. The number of fused-ring (bicyclic) bond motifs is 4. The van der Waals surface area contributed by atoms with E-state index in [1.807, 2.05) is 75.6 Å². The Bertz CT molecular complexity index is 1520. The van der Waals surface area contributed by atoms with Crippen LogP contribution in [0.5, 0.6) is 0 Å². The van der Waals surface area contributed by atoms with Crippen LogP contribution in [0.3, 0.4) is 0 Å². The summed E-state index contributed by atoms with van der Waals surface area (Å²) in [5, 5.41) is 6.23. The summed E-state index contributed by atoms with van der Waals surface area (Å²) in [6.07, 6.45) is 1.28. The van der Waals surface area contributed by atoms with Crippen LogP contribution in [0.4, 0.5) is 11.4 Å². The number of hydrogen-bond donors (Lipinski definition) is 2. The number of amides is 4. The fraction of sp³-hybridized carbons (Fsp3) is 0.543. The molecule has 4 atom stereocenters. The molecular weight excluding hydrogens is 540 g/mol. The van der Waals surface area contributed by atoms with Crippen LogP contribution in [0.15, 0.2) is 24.3 Å². The van der Waals surface area contributed by atoms with Crippen molar-refractivity contribution >= 4 is 35.0 Å². The molecule has 2 N–H and O–H groups in total. The van der Waals surface area contributed by atoms with Gasteiger partial charge in [-0.25, -0.2) is 0 Å². The fourth-order valence-electron chi connectivity index (χ4n) is 8.90. The third-order valence-electron chi connectivity index (χ3n) is 10.5. The molecule has 2 aromatic carbocycles. The fourth-order valence-corrected chi connectivity index (χ4v) is 8.90. The summed E-state index contributed by atoms with van der Waals surface area (Å²) in [4.78, 5) is 58.8. The lowest BCUT2D eigenvalue weighted by atomic mass is 9.83. The highest BCUT2D eigenvalue weighted by Crippen LogP contribution is 2.55. The quantitative estimate of drug-likeness (QED) is 0.531. The summed E-state index contributed by atoms with van der Waals surface area (Å²) in [7, 11) is 0. The van der Waals surface area contributed by atoms with Crippen molar-refractivity contribution < 1.29 is 19.2 Å². The number of rotatable bonds is 4. The van der Waals surface area contributed by atoms with E-state index in [0.717, 1.165) is 44.8 Å². The van der Waals surface area contributed by atoms with Crippen LogP contribution < -0.4 is 20.4 Å². The van der Waals surface area contributed by atoms with Gasteiger partial charge in [0.2, 0.25) is 11.8 Å². The highest BCUT2D eigenvalue weighted by Gasteiger charge is 2.63. The molecule has 2 aromatic rings. The molecule has 4 aliphatic heterocycles. The van der Waals surface area contributed by atoms with Crippen LogP contribution in [-0.4, -0.2) is 34.7 Å². The molecule has 2 fully saturated rings. The van der Waals surface area contributed by atoms with E-state index in [4.69, 9.17) is 0 Å². The SMILES string of the molecule is Cc1ccc(C)c2c1N(C(C)(C)CC(C)(C)N1C(=O)C3(CC(C)C(=O)N3)c3c(C)ccc(C)c31)C(=O)C21CC(C)C(=O)N1. The van der Waals surface area contributed by atoms with Crippen LogP contribution in [-0.2, 0) is 30.3 Å². The molecule has 0 aliphatic carbocycles. The van der Waals surface area contributed by atoms with Crippen molar-refractivity contribution in [2.75, 3.05) is 9.80 Å². The van der Waals surface area contributed by atoms with Gasteiger partial charge in [-0.1, -0.05) is 38.1 Å². The first kappa shape index (κ1) is 29.4. The van der Waals surface area contributed by atoms with Crippen LogP contribution >= 0.6 is 0 Å². The molecule has 4 amide bonds. The Hall–Kier alpha value is -3.68. The van der Waals surface area contributed by atoms with Gasteiger partial charge in [0.1, 0.15) is 11.1 Å². The minimum atomic E-state index is -1.10. The van der Waals surface area contributed by atoms with Crippen LogP contribution in [0, 0.1) is 39.5 Å². The monoisotopic (exact) mass is 584 g/mol. The largest absolute Gasteiger partial charge is 0.338 e. The molecule has 0 bridgehead atoms. The Kier molecular flexibility index (Phi) is 6.10. The average molecular weight is 585 g/mol. The Labute approximate surface area is 254 Å². The minimum absolute atomic E-state index is 0.108. The summed E-state index contributed by atoms with van der Waals surface area (Å²) in [5.74, 6) is -1.01. The van der Waals surface area contributed by atoms with Gasteiger partial charge in [0.25, 0.3) is 11.8 Å². The molecule has 43 heavy (non-hydrogen) atoms. The molecule has 4 unspecified atom stereocenters. The number of hydrogen-bond acceptors (Lipinski definition) is 4. The summed E-state index contributed by atoms with van der Waals surface area (Å²) in [5.41, 5.74) is 3.70. The zero-order valence-electron chi connectivity index (χ0n) is 27.1. The van der Waals surface area contributed by atoms with E-state index in [9.17, 15) is 19.2 Å². The number of benzene rings is 2. The zero-order chi connectivity index (χ0) is 31.6. The van der Waals surface area contributed by atoms with Gasteiger partial charge in [-0.3, -0.25) is 19.2 Å². The number of carbonyl (C=O) groups is 4. The van der Waals surface area contributed by atoms with Crippen molar-refractivity contribution in [1.82, 2.24) is 10.6 Å². The van der Waals surface area contributed by atoms with Crippen molar-refractivity contribution in [3.8, 4) is 0 Å². The molecule has 8 nitrogen and oxygen atoms in total. The van der Waals surface area contributed by atoms with Crippen molar-refractivity contribution in [3.63, 3.8) is 0 Å². The highest BCUT2D eigenvalue weighted by molar-refractivity contribution is 6.14. The number of carbonyl (C=O) groups excluding carboxylic acids is 4. The van der Waals surface area contributed by atoms with E-state index in [0.29, 0.717) is 19.3 Å². The highest BCUT2D eigenvalue weighted by atomic mass is 16.2. The average Bonchev–Trinajstić information content (AvgIpc) is 3.54. The van der Waals surface area contributed by atoms with Crippen LogP contribution in [0.1, 0.15) is 94.2 Å². The number of nitrogens with zero attached hydrogens (tertiary/aromatic N) is 2. The molecule has 6 rings (SSSR count). The number of nitrogens with one attached hydrogen (secondary N) is 2. The third-order valence-corrected chi connectivity index (χ3v) is 10.5. The Morgan fingerprint density at radius 2 is 0.977 bits per heavy atom. The molecule has 4 heterocycles. The first-order chi connectivity index (χ1) is 19.9. The first-order valence-corrected chi connectivity index (χ1v) is 15.4. The van der Waals surface area contributed by atoms with Crippen molar-refractivity contribution in [2.24, 2.45) is 11.8 Å². The van der Waals surface area contributed by atoms with Crippen molar-refractivity contribution in [2.45, 2.75) is 111 Å². The predicted molar refractivity (Wildman–Crippen MR) is 167 cm³/mol. The molecule has 8 heteroatoms. The second-order valence-electron chi connectivity index (χ2n) is 14.9. The Balaban J connectivity index is 1.46. The van der Waals surface area contributed by atoms with E-state index in [1.165, 1.54) is 0 Å². The number of aryl methyl sites for hydroxylation is 4. The lowest BCUT2D eigenvalue weighted by Crippen LogP contribution is -2.60. The molecule has 0 radical (unpaired) electrons. The van der Waals surface area contributed by atoms with E-state index >= 15 is 0 Å². The van der Waals surface area contributed by atoms with Gasteiger partial charge in [-0.15, -0.1) is 0 Å². The zero-order valence-corrected chi connectivity index (χ0v) is 27.1. The number of anilines is 2. The summed E-state index contributed by atoms with van der Waals surface area (Å²) in [6.45, 7) is 20.0.